The van der Waals surface area contributed by atoms with Crippen LogP contribution in [0.15, 0.2) is 42.5 Å². The summed E-state index contributed by atoms with van der Waals surface area (Å²) in [4.78, 5) is 18.1. The van der Waals surface area contributed by atoms with E-state index in [4.69, 9.17) is 9.47 Å². The monoisotopic (exact) mass is 454 g/mol. The minimum Gasteiger partial charge on any atom is -0.496 e. The lowest BCUT2D eigenvalue weighted by Crippen LogP contribution is -2.52. The predicted molar refractivity (Wildman–Crippen MR) is 128 cm³/mol. The molecule has 2 heterocycles. The fraction of sp³-hybridized carbons (Fsp3) is 0.519. The van der Waals surface area contributed by atoms with Gasteiger partial charge >= 0.3 is 0 Å². The normalized spacial score (nSPS) is 19.3. The van der Waals surface area contributed by atoms with Gasteiger partial charge in [0.15, 0.2) is 0 Å². The fourth-order valence-electron chi connectivity index (χ4n) is 5.29. The maximum atomic E-state index is 14.5. The highest BCUT2D eigenvalue weighted by Crippen LogP contribution is 2.38. The van der Waals surface area contributed by atoms with Gasteiger partial charge in [-0.2, -0.15) is 0 Å². The molecule has 0 spiro atoms. The molecule has 2 aromatic rings. The quantitative estimate of drug-likeness (QED) is 0.649. The number of benzene rings is 2. The molecule has 0 aromatic heterocycles. The summed E-state index contributed by atoms with van der Waals surface area (Å²) < 4.78 is 25.5. The van der Waals surface area contributed by atoms with Gasteiger partial charge in [0.2, 0.25) is 5.91 Å². The van der Waals surface area contributed by atoms with Crippen molar-refractivity contribution in [1.29, 1.82) is 0 Å². The van der Waals surface area contributed by atoms with Gasteiger partial charge in [-0.25, -0.2) is 4.39 Å². The molecule has 6 heteroatoms. The van der Waals surface area contributed by atoms with E-state index in [2.05, 4.69) is 11.9 Å². The fourth-order valence-corrected chi connectivity index (χ4v) is 5.29. The lowest BCUT2D eigenvalue weighted by Gasteiger charge is -2.43. The Morgan fingerprint density at radius 2 is 1.82 bits per heavy atom. The highest BCUT2D eigenvalue weighted by atomic mass is 19.1. The van der Waals surface area contributed by atoms with Crippen molar-refractivity contribution in [2.45, 2.75) is 38.1 Å². The van der Waals surface area contributed by atoms with Gasteiger partial charge in [0.25, 0.3) is 0 Å². The number of halogens is 1. The summed E-state index contributed by atoms with van der Waals surface area (Å²) in [6.45, 7) is 3.27. The number of ether oxygens (including phenoxy) is 2. The van der Waals surface area contributed by atoms with E-state index in [9.17, 15) is 9.18 Å². The number of hydrogen-bond donors (Lipinski definition) is 0. The SMILES string of the molecule is COc1cccc(F)c1-c1ccc(CC2(C(=O)N(C)C3CCN(C)CC3)CCOCC2)cc1. The zero-order chi connectivity index (χ0) is 23.4. The van der Waals surface area contributed by atoms with Crippen LogP contribution in [0, 0.1) is 11.2 Å². The number of rotatable bonds is 6. The third-order valence-electron chi connectivity index (χ3n) is 7.44. The van der Waals surface area contributed by atoms with Crippen LogP contribution in [0.2, 0.25) is 0 Å². The first-order valence-corrected chi connectivity index (χ1v) is 11.9. The Morgan fingerprint density at radius 1 is 1.15 bits per heavy atom. The maximum absolute atomic E-state index is 14.5. The molecule has 0 atom stereocenters. The van der Waals surface area contributed by atoms with E-state index in [-0.39, 0.29) is 11.7 Å². The smallest absolute Gasteiger partial charge is 0.229 e. The van der Waals surface area contributed by atoms with E-state index in [0.717, 1.165) is 49.9 Å². The second-order valence-electron chi connectivity index (χ2n) is 9.53. The molecule has 33 heavy (non-hydrogen) atoms. The van der Waals surface area contributed by atoms with Crippen LogP contribution in [0.3, 0.4) is 0 Å². The number of nitrogens with zero attached hydrogens (tertiary/aromatic N) is 2. The second kappa shape index (κ2) is 10.2. The Labute approximate surface area is 196 Å². The molecule has 0 radical (unpaired) electrons. The maximum Gasteiger partial charge on any atom is 0.229 e. The molecule has 2 saturated heterocycles. The highest BCUT2D eigenvalue weighted by molar-refractivity contribution is 5.83. The summed E-state index contributed by atoms with van der Waals surface area (Å²) in [5.41, 5.74) is 1.86. The Balaban J connectivity index is 1.55. The van der Waals surface area contributed by atoms with Crippen molar-refractivity contribution >= 4 is 5.91 Å². The van der Waals surface area contributed by atoms with Crippen molar-refractivity contribution in [3.63, 3.8) is 0 Å². The summed E-state index contributed by atoms with van der Waals surface area (Å²) in [6, 6.07) is 13.0. The third-order valence-corrected chi connectivity index (χ3v) is 7.44. The van der Waals surface area contributed by atoms with Gasteiger partial charge < -0.3 is 19.3 Å². The lowest BCUT2D eigenvalue weighted by atomic mass is 9.73. The minimum atomic E-state index is -0.451. The Kier molecular flexibility index (Phi) is 7.35. The molecule has 0 bridgehead atoms. The molecule has 4 rings (SSSR count). The van der Waals surface area contributed by atoms with Crippen molar-refractivity contribution in [1.82, 2.24) is 9.80 Å². The first kappa shape index (κ1) is 23.7. The molecule has 1 amide bonds. The molecule has 2 aromatic carbocycles. The van der Waals surface area contributed by atoms with Crippen LogP contribution in [-0.2, 0) is 16.0 Å². The highest BCUT2D eigenvalue weighted by Gasteiger charge is 2.43. The van der Waals surface area contributed by atoms with Gasteiger partial charge in [-0.05, 0) is 75.5 Å². The van der Waals surface area contributed by atoms with E-state index < -0.39 is 5.41 Å². The zero-order valence-corrected chi connectivity index (χ0v) is 20.0. The van der Waals surface area contributed by atoms with E-state index in [0.29, 0.717) is 37.0 Å². The minimum absolute atomic E-state index is 0.236. The summed E-state index contributed by atoms with van der Waals surface area (Å²) >= 11 is 0. The van der Waals surface area contributed by atoms with Gasteiger partial charge in [0.1, 0.15) is 11.6 Å². The summed E-state index contributed by atoms with van der Waals surface area (Å²) in [6.07, 6.45) is 4.16. The largest absolute Gasteiger partial charge is 0.496 e. The van der Waals surface area contributed by atoms with Crippen LogP contribution in [0.25, 0.3) is 11.1 Å². The van der Waals surface area contributed by atoms with Crippen molar-refractivity contribution in [2.24, 2.45) is 5.41 Å². The average molecular weight is 455 g/mol. The number of piperidine rings is 1. The molecule has 2 aliphatic heterocycles. The number of methoxy groups -OCH3 is 1. The predicted octanol–water partition coefficient (Wildman–Crippen LogP) is 4.39. The summed E-state index contributed by atoms with van der Waals surface area (Å²) in [5, 5.41) is 0. The van der Waals surface area contributed by atoms with Gasteiger partial charge in [-0.3, -0.25) is 4.79 Å². The van der Waals surface area contributed by atoms with Crippen LogP contribution in [0.5, 0.6) is 5.75 Å². The molecule has 0 aliphatic carbocycles. The van der Waals surface area contributed by atoms with E-state index in [1.54, 1.807) is 19.2 Å². The van der Waals surface area contributed by atoms with Crippen molar-refractivity contribution < 1.29 is 18.7 Å². The number of hydrogen-bond acceptors (Lipinski definition) is 4. The number of carbonyl (C=O) groups is 1. The van der Waals surface area contributed by atoms with Crippen molar-refractivity contribution in [3.8, 4) is 16.9 Å². The summed E-state index contributed by atoms with van der Waals surface area (Å²) in [7, 11) is 5.66. The van der Waals surface area contributed by atoms with Crippen LogP contribution >= 0.6 is 0 Å². The Bertz CT molecular complexity index is 948. The Hall–Kier alpha value is -2.44. The van der Waals surface area contributed by atoms with Gasteiger partial charge in [0.05, 0.1) is 18.1 Å². The number of likely N-dealkylation sites (tertiary alicyclic amines) is 1. The first-order chi connectivity index (χ1) is 15.9. The molecule has 0 N–H and O–H groups in total. The van der Waals surface area contributed by atoms with Crippen LogP contribution in [-0.4, -0.2) is 69.3 Å². The lowest BCUT2D eigenvalue weighted by molar-refractivity contribution is -0.149. The van der Waals surface area contributed by atoms with Crippen molar-refractivity contribution in [2.75, 3.05) is 47.5 Å². The van der Waals surface area contributed by atoms with E-state index in [1.165, 1.54) is 6.07 Å². The molecule has 0 saturated carbocycles. The van der Waals surface area contributed by atoms with Gasteiger partial charge in [0, 0.05) is 26.3 Å². The topological polar surface area (TPSA) is 42.0 Å². The average Bonchev–Trinajstić information content (AvgIpc) is 2.84. The standard InChI is InChI=1S/C27H35FN2O3/c1-29-15-11-22(12-16-29)30(2)26(31)27(13-17-33-18-14-27)19-20-7-9-21(10-8-20)25-23(28)5-4-6-24(25)32-3/h4-10,22H,11-19H2,1-3H3. The van der Waals surface area contributed by atoms with Gasteiger partial charge in [-0.15, -0.1) is 0 Å². The molecular weight excluding hydrogens is 419 g/mol. The molecular formula is C27H35FN2O3. The molecule has 178 valence electrons. The van der Waals surface area contributed by atoms with E-state index in [1.807, 2.05) is 36.2 Å². The number of carbonyl (C=O) groups excluding carboxylic acids is 1. The third kappa shape index (κ3) is 5.07. The summed E-state index contributed by atoms with van der Waals surface area (Å²) in [5.74, 6) is 0.441. The molecule has 2 aliphatic rings. The Morgan fingerprint density at radius 3 is 2.45 bits per heavy atom. The molecule has 2 fully saturated rings. The number of amides is 1. The zero-order valence-electron chi connectivity index (χ0n) is 20.0. The molecule has 0 unspecified atom stereocenters. The van der Waals surface area contributed by atoms with Crippen LogP contribution in [0.4, 0.5) is 4.39 Å². The van der Waals surface area contributed by atoms with Crippen LogP contribution < -0.4 is 4.74 Å². The molecule has 5 nitrogen and oxygen atoms in total. The van der Waals surface area contributed by atoms with Crippen LogP contribution in [0.1, 0.15) is 31.2 Å². The van der Waals surface area contributed by atoms with Crippen molar-refractivity contribution in [3.05, 3.63) is 53.8 Å². The first-order valence-electron chi connectivity index (χ1n) is 11.9. The van der Waals surface area contributed by atoms with E-state index >= 15 is 0 Å². The second-order valence-corrected chi connectivity index (χ2v) is 9.53. The van der Waals surface area contributed by atoms with Gasteiger partial charge in [-0.1, -0.05) is 30.3 Å².